The molecule has 0 saturated carbocycles. The van der Waals surface area contributed by atoms with E-state index in [1.807, 2.05) is 4.90 Å². The number of likely N-dealkylation sites (tertiary alicyclic amines) is 1. The Hall–Kier alpha value is -0.920. The summed E-state index contributed by atoms with van der Waals surface area (Å²) in [5.41, 5.74) is -0.259. The molecule has 0 radical (unpaired) electrons. The molecule has 0 aromatic heterocycles. The van der Waals surface area contributed by atoms with Gasteiger partial charge in [0.25, 0.3) is 0 Å². The molecule has 21 heavy (non-hydrogen) atoms. The predicted octanol–water partition coefficient (Wildman–Crippen LogP) is -0.0232. The number of fused-ring (bicyclic) bond motifs is 1. The van der Waals surface area contributed by atoms with Crippen LogP contribution >= 0.6 is 0 Å². The highest BCUT2D eigenvalue weighted by Crippen LogP contribution is 2.41. The van der Waals surface area contributed by atoms with Gasteiger partial charge in [0.05, 0.1) is 19.5 Å². The van der Waals surface area contributed by atoms with Crippen LogP contribution in [0.1, 0.15) is 12.8 Å². The van der Waals surface area contributed by atoms with Crippen molar-refractivity contribution in [2.45, 2.75) is 12.8 Å². The number of hydrogen-bond donors (Lipinski definition) is 1. The lowest BCUT2D eigenvalue weighted by Crippen LogP contribution is -2.43. The van der Waals surface area contributed by atoms with Crippen LogP contribution in [0.25, 0.3) is 0 Å². The zero-order valence-corrected chi connectivity index (χ0v) is 13.1. The molecule has 0 aromatic carbocycles. The van der Waals surface area contributed by atoms with E-state index >= 15 is 0 Å². The summed E-state index contributed by atoms with van der Waals surface area (Å²) in [7, 11) is -3.23. The van der Waals surface area contributed by atoms with Crippen LogP contribution in [0.4, 0.5) is 0 Å². The Balaban J connectivity index is 1.68. The van der Waals surface area contributed by atoms with E-state index in [1.165, 1.54) is 0 Å². The number of amides is 1. The number of hydrogen-bond acceptors (Lipinski definition) is 4. The first kappa shape index (κ1) is 15.0. The van der Waals surface area contributed by atoms with Crippen LogP contribution in [-0.2, 0) is 19.6 Å². The van der Waals surface area contributed by atoms with Gasteiger partial charge >= 0.3 is 0 Å². The molecule has 118 valence electrons. The molecule has 3 aliphatic rings. The fourth-order valence-corrected chi connectivity index (χ4v) is 4.15. The van der Waals surface area contributed by atoms with Gasteiger partial charge in [-0.05, 0) is 12.8 Å². The van der Waals surface area contributed by atoms with E-state index in [9.17, 15) is 13.2 Å². The molecule has 2 saturated heterocycles. The summed E-state index contributed by atoms with van der Waals surface area (Å²) < 4.78 is 30.9. The van der Waals surface area contributed by atoms with Crippen molar-refractivity contribution in [3.63, 3.8) is 0 Å². The number of carbonyl (C=O) groups is 1. The van der Waals surface area contributed by atoms with Gasteiger partial charge in [-0.3, -0.25) is 4.79 Å². The first-order valence-corrected chi connectivity index (χ1v) is 9.25. The minimum absolute atomic E-state index is 0.0738. The van der Waals surface area contributed by atoms with E-state index in [-0.39, 0.29) is 23.2 Å². The molecular formula is C14H22N2O4S. The first-order valence-electron chi connectivity index (χ1n) is 7.36. The predicted molar refractivity (Wildman–Crippen MR) is 78.0 cm³/mol. The fourth-order valence-electron chi connectivity index (χ4n) is 3.60. The Morgan fingerprint density at radius 3 is 2.81 bits per heavy atom. The molecule has 2 fully saturated rings. The van der Waals surface area contributed by atoms with E-state index in [2.05, 4.69) is 16.9 Å². The van der Waals surface area contributed by atoms with E-state index in [0.29, 0.717) is 32.8 Å². The summed E-state index contributed by atoms with van der Waals surface area (Å²) in [5.74, 6) is 0.503. The maximum atomic E-state index is 12.5. The van der Waals surface area contributed by atoms with Crippen molar-refractivity contribution in [2.24, 2.45) is 17.3 Å². The van der Waals surface area contributed by atoms with Crippen LogP contribution in [0.3, 0.4) is 0 Å². The van der Waals surface area contributed by atoms with Gasteiger partial charge < -0.3 is 9.64 Å². The first-order chi connectivity index (χ1) is 9.90. The highest BCUT2D eigenvalue weighted by atomic mass is 32.2. The minimum Gasteiger partial charge on any atom is -0.380 e. The Kier molecular flexibility index (Phi) is 3.83. The lowest BCUT2D eigenvalue weighted by atomic mass is 9.81. The van der Waals surface area contributed by atoms with Crippen LogP contribution in [-0.4, -0.2) is 58.3 Å². The molecule has 1 amide bonds. The van der Waals surface area contributed by atoms with Crippen molar-refractivity contribution in [1.82, 2.24) is 9.62 Å². The Morgan fingerprint density at radius 1 is 1.43 bits per heavy atom. The second-order valence-corrected chi connectivity index (χ2v) is 8.36. The summed E-state index contributed by atoms with van der Waals surface area (Å²) >= 11 is 0. The van der Waals surface area contributed by atoms with E-state index < -0.39 is 10.0 Å². The lowest BCUT2D eigenvalue weighted by molar-refractivity contribution is -0.134. The van der Waals surface area contributed by atoms with E-state index in [1.54, 1.807) is 0 Å². The van der Waals surface area contributed by atoms with E-state index in [4.69, 9.17) is 4.74 Å². The molecule has 0 aromatic rings. The topological polar surface area (TPSA) is 75.7 Å². The van der Waals surface area contributed by atoms with Gasteiger partial charge in [0, 0.05) is 36.9 Å². The molecule has 3 rings (SSSR count). The summed E-state index contributed by atoms with van der Waals surface area (Å²) in [4.78, 5) is 14.4. The van der Waals surface area contributed by atoms with Gasteiger partial charge in [-0.25, -0.2) is 13.1 Å². The number of rotatable bonds is 4. The zero-order valence-electron chi connectivity index (χ0n) is 12.2. The normalized spacial score (nSPS) is 32.8. The van der Waals surface area contributed by atoms with Crippen molar-refractivity contribution in [3.05, 3.63) is 12.2 Å². The molecule has 1 aliphatic carbocycles. The Morgan fingerprint density at radius 2 is 2.14 bits per heavy atom. The molecule has 2 atom stereocenters. The number of nitrogens with zero attached hydrogens (tertiary/aromatic N) is 1. The highest BCUT2D eigenvalue weighted by molar-refractivity contribution is 7.88. The molecule has 2 aliphatic heterocycles. The van der Waals surface area contributed by atoms with Gasteiger partial charge in [-0.1, -0.05) is 12.2 Å². The number of carbonyl (C=O) groups excluding carboxylic acids is 1. The molecule has 1 N–H and O–H groups in total. The standard InChI is InChI=1S/C14H22N2O4S/c1-21(18,19)15-8-14-9-16(6-12(14)7-20-10-14)13(17)11-4-2-3-5-11/h2-3,11-12,15H,4-10H2,1H3/t12-,14+/m1/s1. The van der Waals surface area contributed by atoms with Crippen molar-refractivity contribution < 1.29 is 17.9 Å². The largest absolute Gasteiger partial charge is 0.380 e. The third-order valence-electron chi connectivity index (χ3n) is 4.88. The Bertz CT molecular complexity index is 551. The zero-order chi connectivity index (χ0) is 15.1. The quantitative estimate of drug-likeness (QED) is 0.740. The van der Waals surface area contributed by atoms with Crippen LogP contribution in [0.5, 0.6) is 0 Å². The monoisotopic (exact) mass is 314 g/mol. The maximum Gasteiger partial charge on any atom is 0.226 e. The third kappa shape index (κ3) is 3.00. The van der Waals surface area contributed by atoms with Gasteiger partial charge in [0.15, 0.2) is 0 Å². The summed E-state index contributed by atoms with van der Waals surface area (Å²) in [6.07, 6.45) is 6.93. The second kappa shape index (κ2) is 5.37. The SMILES string of the molecule is CS(=O)(=O)NC[C@]12COC[C@H]1CN(C(=O)C1CC=CC1)C2. The highest BCUT2D eigenvalue weighted by Gasteiger charge is 2.52. The number of ether oxygens (including phenoxy) is 1. The van der Waals surface area contributed by atoms with Crippen LogP contribution in [0.2, 0.25) is 0 Å². The molecule has 2 heterocycles. The van der Waals surface area contributed by atoms with Crippen molar-refractivity contribution in [3.8, 4) is 0 Å². The smallest absolute Gasteiger partial charge is 0.226 e. The summed E-state index contributed by atoms with van der Waals surface area (Å²) in [6.45, 7) is 2.75. The number of allylic oxidation sites excluding steroid dienone is 2. The van der Waals surface area contributed by atoms with Gasteiger partial charge in [0.1, 0.15) is 0 Å². The third-order valence-corrected chi connectivity index (χ3v) is 5.55. The molecular weight excluding hydrogens is 292 g/mol. The molecule has 0 unspecified atom stereocenters. The van der Waals surface area contributed by atoms with Crippen LogP contribution in [0, 0.1) is 17.3 Å². The van der Waals surface area contributed by atoms with Crippen LogP contribution < -0.4 is 4.72 Å². The van der Waals surface area contributed by atoms with Crippen molar-refractivity contribution in [2.75, 3.05) is 39.1 Å². The number of sulfonamides is 1. The lowest BCUT2D eigenvalue weighted by Gasteiger charge is -2.27. The molecule has 0 bridgehead atoms. The maximum absolute atomic E-state index is 12.5. The van der Waals surface area contributed by atoms with Crippen molar-refractivity contribution in [1.29, 1.82) is 0 Å². The minimum atomic E-state index is -3.23. The van der Waals surface area contributed by atoms with Gasteiger partial charge in [-0.2, -0.15) is 0 Å². The molecule has 6 nitrogen and oxygen atoms in total. The van der Waals surface area contributed by atoms with Gasteiger partial charge in [-0.15, -0.1) is 0 Å². The summed E-state index contributed by atoms with van der Waals surface area (Å²) in [6, 6.07) is 0. The second-order valence-electron chi connectivity index (χ2n) is 6.53. The number of nitrogens with one attached hydrogen (secondary N) is 1. The average molecular weight is 314 g/mol. The Labute approximate surface area is 125 Å². The van der Waals surface area contributed by atoms with Crippen molar-refractivity contribution >= 4 is 15.9 Å². The van der Waals surface area contributed by atoms with Gasteiger partial charge in [0.2, 0.25) is 15.9 Å². The average Bonchev–Trinajstić information content (AvgIpc) is 3.10. The molecule has 0 spiro atoms. The summed E-state index contributed by atoms with van der Waals surface area (Å²) in [5, 5.41) is 0. The molecule has 7 heteroatoms. The van der Waals surface area contributed by atoms with E-state index in [0.717, 1.165) is 19.1 Å². The van der Waals surface area contributed by atoms with Crippen LogP contribution in [0.15, 0.2) is 12.2 Å². The fraction of sp³-hybridized carbons (Fsp3) is 0.786.